The third kappa shape index (κ3) is 4.44. The van der Waals surface area contributed by atoms with Crippen LogP contribution in [0.25, 0.3) is 0 Å². The maximum absolute atomic E-state index is 12.9. The van der Waals surface area contributed by atoms with Crippen molar-refractivity contribution in [2.75, 3.05) is 26.2 Å². The van der Waals surface area contributed by atoms with Gasteiger partial charge in [-0.25, -0.2) is 4.39 Å². The number of nitrogens with one attached hydrogen (secondary N) is 2. The van der Waals surface area contributed by atoms with Gasteiger partial charge in [0, 0.05) is 6.54 Å². The summed E-state index contributed by atoms with van der Waals surface area (Å²) in [6, 6.07) is 3.72. The number of carbonyl (C=O) groups excluding carboxylic acids is 1. The van der Waals surface area contributed by atoms with Gasteiger partial charge in [0.1, 0.15) is 5.82 Å². The van der Waals surface area contributed by atoms with Crippen molar-refractivity contribution in [3.63, 3.8) is 0 Å². The van der Waals surface area contributed by atoms with Crippen LogP contribution in [0.5, 0.6) is 0 Å². The lowest BCUT2D eigenvalue weighted by molar-refractivity contribution is 0.0343. The standard InChI is InChI=1S/C14H18ClFN2O2/c15-13-9-10(16)1-2-12(13)14(19)18-7-8-20-11-3-5-17-6-4-11/h1-2,9,11,17H,3-8H2,(H,18,19). The average molecular weight is 301 g/mol. The van der Waals surface area contributed by atoms with Crippen molar-refractivity contribution in [3.8, 4) is 0 Å². The van der Waals surface area contributed by atoms with Crippen LogP contribution in [-0.2, 0) is 4.74 Å². The molecule has 20 heavy (non-hydrogen) atoms. The topological polar surface area (TPSA) is 50.4 Å². The van der Waals surface area contributed by atoms with Crippen molar-refractivity contribution in [1.82, 2.24) is 10.6 Å². The molecule has 0 radical (unpaired) electrons. The second-order valence-electron chi connectivity index (χ2n) is 4.70. The van der Waals surface area contributed by atoms with Crippen molar-refractivity contribution in [2.24, 2.45) is 0 Å². The van der Waals surface area contributed by atoms with E-state index in [0.29, 0.717) is 13.2 Å². The molecule has 1 fully saturated rings. The van der Waals surface area contributed by atoms with Crippen molar-refractivity contribution >= 4 is 17.5 Å². The molecule has 110 valence electrons. The summed E-state index contributed by atoms with van der Waals surface area (Å²) < 4.78 is 18.6. The Morgan fingerprint density at radius 1 is 1.45 bits per heavy atom. The first-order valence-electron chi connectivity index (χ1n) is 6.72. The van der Waals surface area contributed by atoms with E-state index < -0.39 is 5.82 Å². The number of carbonyl (C=O) groups is 1. The molecule has 1 aliphatic rings. The Kier molecular flexibility index (Phi) is 5.76. The second kappa shape index (κ2) is 7.57. The van der Waals surface area contributed by atoms with Gasteiger partial charge >= 0.3 is 0 Å². The molecule has 2 N–H and O–H groups in total. The number of hydrogen-bond donors (Lipinski definition) is 2. The van der Waals surface area contributed by atoms with Gasteiger partial charge < -0.3 is 15.4 Å². The molecule has 4 nitrogen and oxygen atoms in total. The summed E-state index contributed by atoms with van der Waals surface area (Å²) in [7, 11) is 0. The third-order valence-electron chi connectivity index (χ3n) is 3.20. The molecule has 1 heterocycles. The summed E-state index contributed by atoms with van der Waals surface area (Å²) in [5.74, 6) is -0.773. The Bertz CT molecular complexity index is 464. The normalized spacial score (nSPS) is 16.1. The molecule has 0 unspecified atom stereocenters. The molecule has 0 spiro atoms. The van der Waals surface area contributed by atoms with Gasteiger partial charge in [-0.15, -0.1) is 0 Å². The SMILES string of the molecule is O=C(NCCOC1CCNCC1)c1ccc(F)cc1Cl. The number of hydrogen-bond acceptors (Lipinski definition) is 3. The number of halogens is 2. The molecule has 1 aromatic rings. The lowest BCUT2D eigenvalue weighted by atomic mass is 10.1. The summed E-state index contributed by atoms with van der Waals surface area (Å²) >= 11 is 5.82. The van der Waals surface area contributed by atoms with Crippen molar-refractivity contribution < 1.29 is 13.9 Å². The highest BCUT2D eigenvalue weighted by Gasteiger charge is 2.14. The first kappa shape index (κ1) is 15.2. The first-order valence-corrected chi connectivity index (χ1v) is 7.10. The van der Waals surface area contributed by atoms with E-state index in [2.05, 4.69) is 10.6 Å². The van der Waals surface area contributed by atoms with E-state index >= 15 is 0 Å². The maximum atomic E-state index is 12.9. The minimum Gasteiger partial charge on any atom is -0.376 e. The summed E-state index contributed by atoms with van der Waals surface area (Å²) in [6.07, 6.45) is 2.26. The highest BCUT2D eigenvalue weighted by atomic mass is 35.5. The summed E-state index contributed by atoms with van der Waals surface area (Å²) in [5.41, 5.74) is 0.273. The van der Waals surface area contributed by atoms with Gasteiger partial charge in [0.05, 0.1) is 23.3 Å². The second-order valence-corrected chi connectivity index (χ2v) is 5.11. The highest BCUT2D eigenvalue weighted by Crippen LogP contribution is 2.16. The summed E-state index contributed by atoms with van der Waals surface area (Å²) in [5, 5.41) is 6.09. The van der Waals surface area contributed by atoms with Gasteiger partial charge in [0.25, 0.3) is 5.91 Å². The van der Waals surface area contributed by atoms with Crippen molar-refractivity contribution in [3.05, 3.63) is 34.6 Å². The molecule has 6 heteroatoms. The van der Waals surface area contributed by atoms with Crippen LogP contribution in [0, 0.1) is 5.82 Å². The molecule has 1 saturated heterocycles. The van der Waals surface area contributed by atoms with E-state index in [9.17, 15) is 9.18 Å². The molecule has 1 aromatic carbocycles. The predicted octanol–water partition coefficient (Wildman–Crippen LogP) is 1.98. The van der Waals surface area contributed by atoms with E-state index in [1.807, 2.05) is 0 Å². The zero-order valence-corrected chi connectivity index (χ0v) is 11.9. The van der Waals surface area contributed by atoms with Crippen LogP contribution >= 0.6 is 11.6 Å². The van der Waals surface area contributed by atoms with Crippen LogP contribution in [0.1, 0.15) is 23.2 Å². The van der Waals surface area contributed by atoms with Gasteiger partial charge in [-0.1, -0.05) is 11.6 Å². The zero-order valence-electron chi connectivity index (χ0n) is 11.1. The molecule has 0 saturated carbocycles. The van der Waals surface area contributed by atoms with Crippen LogP contribution < -0.4 is 10.6 Å². The average Bonchev–Trinajstić information content (AvgIpc) is 2.44. The van der Waals surface area contributed by atoms with Gasteiger partial charge in [0.15, 0.2) is 0 Å². The largest absolute Gasteiger partial charge is 0.376 e. The van der Waals surface area contributed by atoms with E-state index in [-0.39, 0.29) is 22.6 Å². The van der Waals surface area contributed by atoms with E-state index in [1.165, 1.54) is 12.1 Å². The van der Waals surface area contributed by atoms with Crippen LogP contribution in [0.2, 0.25) is 5.02 Å². The minimum absolute atomic E-state index is 0.113. The lowest BCUT2D eigenvalue weighted by Gasteiger charge is -2.22. The van der Waals surface area contributed by atoms with Gasteiger partial charge in [0.2, 0.25) is 0 Å². The number of piperidine rings is 1. The van der Waals surface area contributed by atoms with Gasteiger partial charge in [-0.2, -0.15) is 0 Å². The molecular weight excluding hydrogens is 283 g/mol. The van der Waals surface area contributed by atoms with E-state index in [0.717, 1.165) is 32.0 Å². The zero-order chi connectivity index (χ0) is 14.4. The summed E-state index contributed by atoms with van der Waals surface area (Å²) in [4.78, 5) is 11.8. The van der Waals surface area contributed by atoms with Crippen LogP contribution in [0.15, 0.2) is 18.2 Å². The van der Waals surface area contributed by atoms with Crippen molar-refractivity contribution in [1.29, 1.82) is 0 Å². The van der Waals surface area contributed by atoms with E-state index in [4.69, 9.17) is 16.3 Å². The molecule has 0 bridgehead atoms. The Morgan fingerprint density at radius 2 is 2.20 bits per heavy atom. The molecular formula is C14H18ClFN2O2. The third-order valence-corrected chi connectivity index (χ3v) is 3.52. The van der Waals surface area contributed by atoms with Crippen LogP contribution in [0.3, 0.4) is 0 Å². The first-order chi connectivity index (χ1) is 9.66. The fourth-order valence-corrected chi connectivity index (χ4v) is 2.37. The molecule has 0 aromatic heterocycles. The molecule has 0 aliphatic carbocycles. The Balaban J connectivity index is 1.72. The molecule has 1 aliphatic heterocycles. The number of rotatable bonds is 5. The van der Waals surface area contributed by atoms with Gasteiger partial charge in [-0.05, 0) is 44.1 Å². The fraction of sp³-hybridized carbons (Fsp3) is 0.500. The molecule has 1 amide bonds. The van der Waals surface area contributed by atoms with Crippen LogP contribution in [0.4, 0.5) is 4.39 Å². The van der Waals surface area contributed by atoms with Crippen molar-refractivity contribution in [2.45, 2.75) is 18.9 Å². The smallest absolute Gasteiger partial charge is 0.252 e. The number of amides is 1. The Labute approximate surface area is 122 Å². The predicted molar refractivity (Wildman–Crippen MR) is 75.6 cm³/mol. The number of ether oxygens (including phenoxy) is 1. The molecule has 0 atom stereocenters. The molecule has 2 rings (SSSR count). The maximum Gasteiger partial charge on any atom is 0.252 e. The Morgan fingerprint density at radius 3 is 2.90 bits per heavy atom. The van der Waals surface area contributed by atoms with E-state index in [1.54, 1.807) is 0 Å². The highest BCUT2D eigenvalue weighted by molar-refractivity contribution is 6.33. The quantitative estimate of drug-likeness (QED) is 0.818. The lowest BCUT2D eigenvalue weighted by Crippen LogP contribution is -2.34. The monoisotopic (exact) mass is 300 g/mol. The minimum atomic E-state index is -0.458. The Hall–Kier alpha value is -1.17. The van der Waals surface area contributed by atoms with Crippen LogP contribution in [-0.4, -0.2) is 38.3 Å². The fourth-order valence-electron chi connectivity index (χ4n) is 2.12. The van der Waals surface area contributed by atoms with Gasteiger partial charge in [-0.3, -0.25) is 4.79 Å². The summed E-state index contributed by atoms with van der Waals surface area (Å²) in [6.45, 7) is 2.83. The number of benzene rings is 1.